The van der Waals surface area contributed by atoms with Gasteiger partial charge in [0, 0.05) is 0 Å². The number of hydrogen-bond acceptors (Lipinski definition) is 4. The van der Waals surface area contributed by atoms with Gasteiger partial charge in [-0.15, -0.1) is 0 Å². The summed E-state index contributed by atoms with van der Waals surface area (Å²) >= 11 is 0. The van der Waals surface area contributed by atoms with Crippen LogP contribution in [0.15, 0.2) is 16.3 Å². The molecule has 1 aliphatic carbocycles. The van der Waals surface area contributed by atoms with Gasteiger partial charge in [-0.1, -0.05) is 12.8 Å². The number of carboxylic acids is 1. The zero-order valence-corrected chi connectivity index (χ0v) is 8.95. The first-order valence-electron chi connectivity index (χ1n) is 5.62. The number of nitrogens with zero attached hydrogens (tertiary/aromatic N) is 1. The Balaban J connectivity index is 1.89. The predicted octanol–water partition coefficient (Wildman–Crippen LogP) is 0.670. The molecule has 16 heavy (non-hydrogen) atoms. The highest BCUT2D eigenvalue weighted by molar-refractivity contribution is 6.35. The number of nitrogens with one attached hydrogen (secondary N) is 1. The second-order valence-corrected chi connectivity index (χ2v) is 4.56. The third-order valence-corrected chi connectivity index (χ3v) is 3.62. The van der Waals surface area contributed by atoms with E-state index < -0.39 is 5.97 Å². The highest BCUT2D eigenvalue weighted by Crippen LogP contribution is 2.44. The second kappa shape index (κ2) is 3.31. The Bertz CT molecular complexity index is 405. The first-order valence-corrected chi connectivity index (χ1v) is 5.62. The van der Waals surface area contributed by atoms with Crippen LogP contribution >= 0.6 is 0 Å². The summed E-state index contributed by atoms with van der Waals surface area (Å²) in [4.78, 5) is 14.9. The Hall–Kier alpha value is -1.36. The third kappa shape index (κ3) is 1.28. The van der Waals surface area contributed by atoms with Gasteiger partial charge in [-0.25, -0.2) is 4.79 Å². The maximum Gasteiger partial charge on any atom is 0.371 e. The molecule has 0 aromatic heterocycles. The van der Waals surface area contributed by atoms with Gasteiger partial charge in [0.1, 0.15) is 5.60 Å². The fourth-order valence-electron chi connectivity index (χ4n) is 2.81. The lowest BCUT2D eigenvalue weighted by atomic mass is 9.95. The van der Waals surface area contributed by atoms with E-state index in [2.05, 4.69) is 10.3 Å². The van der Waals surface area contributed by atoms with Crippen molar-refractivity contribution in [1.29, 1.82) is 0 Å². The molecule has 2 heterocycles. The zero-order chi connectivity index (χ0) is 11.2. The lowest BCUT2D eigenvalue weighted by molar-refractivity contribution is -0.129. The van der Waals surface area contributed by atoms with Gasteiger partial charge < -0.3 is 15.2 Å². The van der Waals surface area contributed by atoms with Crippen molar-refractivity contribution < 1.29 is 14.6 Å². The molecule has 0 unspecified atom stereocenters. The van der Waals surface area contributed by atoms with E-state index in [9.17, 15) is 4.79 Å². The van der Waals surface area contributed by atoms with E-state index in [1.54, 1.807) is 0 Å². The fourth-order valence-corrected chi connectivity index (χ4v) is 2.81. The van der Waals surface area contributed by atoms with Gasteiger partial charge in [0.05, 0.1) is 18.8 Å². The third-order valence-electron chi connectivity index (χ3n) is 3.62. The minimum absolute atomic E-state index is 0.0514. The van der Waals surface area contributed by atoms with Crippen molar-refractivity contribution in [2.45, 2.75) is 31.3 Å². The molecule has 2 N–H and O–H groups in total. The number of ether oxygens (including phenoxy) is 1. The molecule has 3 rings (SSSR count). The second-order valence-electron chi connectivity index (χ2n) is 4.56. The van der Waals surface area contributed by atoms with Gasteiger partial charge in [-0.3, -0.25) is 4.99 Å². The summed E-state index contributed by atoms with van der Waals surface area (Å²) in [5.41, 5.74) is 1.87. The molecule has 0 aromatic rings. The summed E-state index contributed by atoms with van der Waals surface area (Å²) in [6.07, 6.45) is 4.29. The summed E-state index contributed by atoms with van der Waals surface area (Å²) in [7, 11) is 0. The number of aliphatic carboxylic acids is 1. The Kier molecular flexibility index (Phi) is 2.04. The molecule has 5 heteroatoms. The van der Waals surface area contributed by atoms with Crippen molar-refractivity contribution in [3.05, 3.63) is 11.3 Å². The molecule has 0 radical (unpaired) electrons. The summed E-state index contributed by atoms with van der Waals surface area (Å²) < 4.78 is 5.87. The fraction of sp³-hybridized carbons (Fsp3) is 0.636. The lowest BCUT2D eigenvalue weighted by Gasteiger charge is -2.28. The minimum atomic E-state index is -0.994. The molecule has 3 aliphatic rings. The van der Waals surface area contributed by atoms with E-state index >= 15 is 0 Å². The number of amidine groups is 1. The zero-order valence-electron chi connectivity index (χ0n) is 8.95. The average Bonchev–Trinajstić information content (AvgIpc) is 2.88. The monoisotopic (exact) mass is 222 g/mol. The summed E-state index contributed by atoms with van der Waals surface area (Å²) in [6.45, 7) is 1.06. The van der Waals surface area contributed by atoms with Crippen molar-refractivity contribution in [1.82, 2.24) is 5.32 Å². The summed E-state index contributed by atoms with van der Waals surface area (Å²) in [5.74, 6) is -0.942. The quantitative estimate of drug-likeness (QED) is 0.684. The van der Waals surface area contributed by atoms with Crippen LogP contribution < -0.4 is 5.32 Å². The molecule has 0 bridgehead atoms. The molecular formula is C11H14N2O3. The number of rotatable bonds is 1. The van der Waals surface area contributed by atoms with Crippen LogP contribution in [0.1, 0.15) is 25.7 Å². The summed E-state index contributed by atoms with van der Waals surface area (Å²) in [5, 5.41) is 11.9. The molecule has 2 aliphatic heterocycles. The van der Waals surface area contributed by atoms with E-state index in [0.717, 1.165) is 37.0 Å². The van der Waals surface area contributed by atoms with Crippen molar-refractivity contribution in [3.63, 3.8) is 0 Å². The minimum Gasteiger partial charge on any atom is -0.475 e. The van der Waals surface area contributed by atoms with Crippen molar-refractivity contribution in [2.24, 2.45) is 4.99 Å². The molecule has 0 aromatic carbocycles. The highest BCUT2D eigenvalue weighted by atomic mass is 16.5. The summed E-state index contributed by atoms with van der Waals surface area (Å²) in [6, 6.07) is 0. The van der Waals surface area contributed by atoms with Gasteiger partial charge in [0.25, 0.3) is 0 Å². The molecule has 86 valence electrons. The van der Waals surface area contributed by atoms with Gasteiger partial charge in [-0.2, -0.15) is 0 Å². The molecule has 1 spiro atoms. The maximum atomic E-state index is 10.9. The van der Waals surface area contributed by atoms with Crippen LogP contribution in [0.25, 0.3) is 0 Å². The van der Waals surface area contributed by atoms with Crippen molar-refractivity contribution in [2.75, 3.05) is 13.2 Å². The number of hydrogen-bond donors (Lipinski definition) is 2. The van der Waals surface area contributed by atoms with Crippen LogP contribution in [0, 0.1) is 0 Å². The first-order chi connectivity index (χ1) is 7.71. The SMILES string of the molecule is O=C(O)C1=NCC2=C(N1)C1(CCCC1)OC2. The molecular weight excluding hydrogens is 208 g/mol. The molecule has 0 saturated heterocycles. The van der Waals surface area contributed by atoms with Gasteiger partial charge >= 0.3 is 5.97 Å². The van der Waals surface area contributed by atoms with E-state index in [1.807, 2.05) is 0 Å². The van der Waals surface area contributed by atoms with Crippen molar-refractivity contribution in [3.8, 4) is 0 Å². The van der Waals surface area contributed by atoms with E-state index in [1.165, 1.54) is 0 Å². The van der Waals surface area contributed by atoms with Crippen LogP contribution in [0.2, 0.25) is 0 Å². The Morgan fingerprint density at radius 3 is 2.88 bits per heavy atom. The topological polar surface area (TPSA) is 70.9 Å². The van der Waals surface area contributed by atoms with Gasteiger partial charge in [-0.05, 0) is 18.4 Å². The molecule has 5 nitrogen and oxygen atoms in total. The number of fused-ring (bicyclic) bond motifs is 1. The Morgan fingerprint density at radius 1 is 1.44 bits per heavy atom. The van der Waals surface area contributed by atoms with E-state index in [-0.39, 0.29) is 11.4 Å². The van der Waals surface area contributed by atoms with Crippen LogP contribution in [0.3, 0.4) is 0 Å². The molecule has 0 amide bonds. The van der Waals surface area contributed by atoms with Crippen LogP contribution in [-0.2, 0) is 9.53 Å². The largest absolute Gasteiger partial charge is 0.475 e. The number of aliphatic imine (C=N–C) groups is 1. The molecule has 0 atom stereocenters. The van der Waals surface area contributed by atoms with E-state index in [4.69, 9.17) is 9.84 Å². The average molecular weight is 222 g/mol. The maximum absolute atomic E-state index is 10.9. The lowest BCUT2D eigenvalue weighted by Crippen LogP contribution is -2.42. The van der Waals surface area contributed by atoms with Crippen LogP contribution in [-0.4, -0.2) is 35.7 Å². The van der Waals surface area contributed by atoms with Gasteiger partial charge in [0.2, 0.25) is 5.84 Å². The van der Waals surface area contributed by atoms with E-state index in [0.29, 0.717) is 13.2 Å². The molecule has 1 saturated carbocycles. The number of carboxylic acid groups (broad SMARTS) is 1. The van der Waals surface area contributed by atoms with Gasteiger partial charge in [0.15, 0.2) is 0 Å². The smallest absolute Gasteiger partial charge is 0.371 e. The first kappa shape index (κ1) is 9.84. The highest BCUT2D eigenvalue weighted by Gasteiger charge is 2.46. The van der Waals surface area contributed by atoms with Crippen LogP contribution in [0.5, 0.6) is 0 Å². The number of carbonyl (C=O) groups is 1. The van der Waals surface area contributed by atoms with Crippen LogP contribution in [0.4, 0.5) is 0 Å². The molecule has 1 fully saturated rings. The Labute approximate surface area is 93.2 Å². The Morgan fingerprint density at radius 2 is 2.19 bits per heavy atom. The predicted molar refractivity (Wildman–Crippen MR) is 57.3 cm³/mol. The normalized spacial score (nSPS) is 26.6. The van der Waals surface area contributed by atoms with Crippen molar-refractivity contribution >= 4 is 11.8 Å². The standard InChI is InChI=1S/C11H14N2O3/c14-10(15)9-12-5-7-6-16-11(8(7)13-9)3-1-2-4-11/h1-6H2,(H,12,13)(H,14,15).